The Bertz CT molecular complexity index is 149. The van der Waals surface area contributed by atoms with Crippen LogP contribution in [-0.4, -0.2) is 51.2 Å². The molecule has 0 heterocycles. The second kappa shape index (κ2) is 6.86. The highest BCUT2D eigenvalue weighted by atomic mass is 16.5. The molecule has 1 N–H and O–H groups in total. The molecule has 0 spiro atoms. The monoisotopic (exact) mass is 188 g/mol. The molecule has 0 aromatic carbocycles. The van der Waals surface area contributed by atoms with Crippen LogP contribution in [0, 0.1) is 0 Å². The normalized spacial score (nSPS) is 12.6. The topological polar surface area (TPSA) is 41.6 Å². The van der Waals surface area contributed by atoms with Crippen LogP contribution in [0.15, 0.2) is 0 Å². The molecule has 0 radical (unpaired) electrons. The number of nitrogens with one attached hydrogen (secondary N) is 1. The number of hydrogen-bond donors (Lipinski definition) is 1. The maximum absolute atomic E-state index is 11.3. The molecule has 0 aliphatic rings. The van der Waals surface area contributed by atoms with Gasteiger partial charge in [-0.15, -0.1) is 0 Å². The smallest absolute Gasteiger partial charge is 0.238 e. The van der Waals surface area contributed by atoms with Crippen molar-refractivity contribution >= 4 is 5.91 Å². The zero-order chi connectivity index (χ0) is 10.3. The Morgan fingerprint density at radius 1 is 1.54 bits per heavy atom. The first-order chi connectivity index (χ1) is 6.09. The van der Waals surface area contributed by atoms with E-state index < -0.39 is 0 Å². The van der Waals surface area contributed by atoms with E-state index in [9.17, 15) is 4.79 Å². The first-order valence-electron chi connectivity index (χ1n) is 4.53. The average molecular weight is 188 g/mol. The fourth-order valence-corrected chi connectivity index (χ4v) is 1.01. The molecule has 78 valence electrons. The molecule has 1 amide bonds. The number of rotatable bonds is 6. The number of carbonyl (C=O) groups is 1. The number of methoxy groups -OCH3 is 1. The minimum Gasteiger partial charge on any atom is -0.385 e. The van der Waals surface area contributed by atoms with Crippen LogP contribution in [0.3, 0.4) is 0 Å². The van der Waals surface area contributed by atoms with Gasteiger partial charge in [0.25, 0.3) is 0 Å². The zero-order valence-corrected chi connectivity index (χ0v) is 8.96. The lowest BCUT2D eigenvalue weighted by Crippen LogP contribution is -2.41. The highest BCUT2D eigenvalue weighted by Gasteiger charge is 2.12. The molecule has 1 atom stereocenters. The van der Waals surface area contributed by atoms with Gasteiger partial charge in [-0.2, -0.15) is 0 Å². The largest absolute Gasteiger partial charge is 0.385 e. The van der Waals surface area contributed by atoms with E-state index in [0.717, 1.165) is 19.6 Å². The third-order valence-electron chi connectivity index (χ3n) is 1.79. The van der Waals surface area contributed by atoms with Gasteiger partial charge in [-0.3, -0.25) is 4.79 Å². The van der Waals surface area contributed by atoms with Gasteiger partial charge in [-0.1, -0.05) is 0 Å². The molecule has 0 fully saturated rings. The Labute approximate surface area is 80.2 Å². The second-order valence-electron chi connectivity index (χ2n) is 3.25. The Morgan fingerprint density at radius 2 is 2.15 bits per heavy atom. The molecule has 4 heteroatoms. The lowest BCUT2D eigenvalue weighted by molar-refractivity contribution is -0.130. The van der Waals surface area contributed by atoms with Crippen LogP contribution in [0.4, 0.5) is 0 Å². The number of hydrogen-bond acceptors (Lipinski definition) is 3. The zero-order valence-electron chi connectivity index (χ0n) is 8.96. The van der Waals surface area contributed by atoms with Crippen LogP contribution in [0.5, 0.6) is 0 Å². The first kappa shape index (κ1) is 12.4. The van der Waals surface area contributed by atoms with Crippen LogP contribution in [0.1, 0.15) is 13.3 Å². The molecule has 0 aliphatic carbocycles. The molecule has 4 nitrogen and oxygen atoms in total. The van der Waals surface area contributed by atoms with Crippen molar-refractivity contribution in [2.45, 2.75) is 19.4 Å². The van der Waals surface area contributed by atoms with Gasteiger partial charge in [0.15, 0.2) is 0 Å². The van der Waals surface area contributed by atoms with Crippen molar-refractivity contribution < 1.29 is 9.53 Å². The fraction of sp³-hybridized carbons (Fsp3) is 0.889. The van der Waals surface area contributed by atoms with Crippen LogP contribution in [-0.2, 0) is 9.53 Å². The molecule has 0 saturated heterocycles. The molecule has 0 saturated carbocycles. The number of amides is 1. The van der Waals surface area contributed by atoms with Crippen molar-refractivity contribution in [1.82, 2.24) is 10.2 Å². The van der Waals surface area contributed by atoms with E-state index in [-0.39, 0.29) is 11.9 Å². The summed E-state index contributed by atoms with van der Waals surface area (Å²) in [6.07, 6.45) is 0.932. The van der Waals surface area contributed by atoms with Crippen LogP contribution in [0.25, 0.3) is 0 Å². The number of nitrogens with zero attached hydrogens (tertiary/aromatic N) is 1. The average Bonchev–Trinajstić information content (AvgIpc) is 2.10. The summed E-state index contributed by atoms with van der Waals surface area (Å²) in [7, 11) is 5.19. The lowest BCUT2D eigenvalue weighted by atomic mass is 10.3. The Hall–Kier alpha value is -0.610. The molecule has 13 heavy (non-hydrogen) atoms. The number of carbonyl (C=O) groups excluding carboxylic acids is 1. The minimum atomic E-state index is -0.105. The standard InChI is InChI=1S/C9H20N2O2/c1-8(9(12)11(2)3)10-6-5-7-13-4/h8,10H,5-7H2,1-4H3. The first-order valence-corrected chi connectivity index (χ1v) is 4.53. The maximum atomic E-state index is 11.3. The molecule has 0 aromatic heterocycles. The molecule has 1 unspecified atom stereocenters. The molecule has 0 aliphatic heterocycles. The highest BCUT2D eigenvalue weighted by Crippen LogP contribution is 1.88. The van der Waals surface area contributed by atoms with Gasteiger partial charge in [0.2, 0.25) is 5.91 Å². The van der Waals surface area contributed by atoms with Crippen LogP contribution in [0.2, 0.25) is 0 Å². The fourth-order valence-electron chi connectivity index (χ4n) is 1.01. The van der Waals surface area contributed by atoms with Gasteiger partial charge in [0.05, 0.1) is 6.04 Å². The lowest BCUT2D eigenvalue weighted by Gasteiger charge is -2.17. The van der Waals surface area contributed by atoms with Gasteiger partial charge in [0.1, 0.15) is 0 Å². The van der Waals surface area contributed by atoms with E-state index in [1.54, 1.807) is 26.1 Å². The summed E-state index contributed by atoms with van der Waals surface area (Å²) in [5.74, 6) is 0.109. The quantitative estimate of drug-likeness (QED) is 0.601. The van der Waals surface area contributed by atoms with Gasteiger partial charge < -0.3 is 15.0 Å². The van der Waals surface area contributed by atoms with Crippen molar-refractivity contribution in [2.24, 2.45) is 0 Å². The minimum absolute atomic E-state index is 0.105. The van der Waals surface area contributed by atoms with E-state index in [4.69, 9.17) is 4.74 Å². The van der Waals surface area contributed by atoms with E-state index in [1.807, 2.05) is 6.92 Å². The summed E-state index contributed by atoms with van der Waals surface area (Å²) in [4.78, 5) is 12.9. The SMILES string of the molecule is COCCCNC(C)C(=O)N(C)C. The predicted octanol–water partition coefficient (Wildman–Crippen LogP) is 0.0892. The summed E-state index contributed by atoms with van der Waals surface area (Å²) in [6.45, 7) is 3.42. The third kappa shape index (κ3) is 5.60. The molecule has 0 aromatic rings. The van der Waals surface area contributed by atoms with Crippen LogP contribution < -0.4 is 5.32 Å². The Morgan fingerprint density at radius 3 is 2.62 bits per heavy atom. The van der Waals surface area contributed by atoms with Crippen molar-refractivity contribution in [1.29, 1.82) is 0 Å². The molecular weight excluding hydrogens is 168 g/mol. The third-order valence-corrected chi connectivity index (χ3v) is 1.79. The van der Waals surface area contributed by atoms with Crippen molar-refractivity contribution in [3.05, 3.63) is 0 Å². The Balaban J connectivity index is 3.50. The van der Waals surface area contributed by atoms with E-state index >= 15 is 0 Å². The van der Waals surface area contributed by atoms with Crippen LogP contribution >= 0.6 is 0 Å². The maximum Gasteiger partial charge on any atom is 0.238 e. The van der Waals surface area contributed by atoms with Crippen molar-refractivity contribution in [3.8, 4) is 0 Å². The summed E-state index contributed by atoms with van der Waals surface area (Å²) < 4.78 is 4.90. The molecular formula is C9H20N2O2. The van der Waals surface area contributed by atoms with Gasteiger partial charge in [-0.25, -0.2) is 0 Å². The van der Waals surface area contributed by atoms with Gasteiger partial charge >= 0.3 is 0 Å². The summed E-state index contributed by atoms with van der Waals surface area (Å²) >= 11 is 0. The van der Waals surface area contributed by atoms with Crippen molar-refractivity contribution in [3.63, 3.8) is 0 Å². The summed E-state index contributed by atoms with van der Waals surface area (Å²) in [5, 5.41) is 3.13. The van der Waals surface area contributed by atoms with E-state index in [1.165, 1.54) is 0 Å². The molecule has 0 rings (SSSR count). The van der Waals surface area contributed by atoms with Gasteiger partial charge in [-0.05, 0) is 19.9 Å². The second-order valence-corrected chi connectivity index (χ2v) is 3.25. The number of likely N-dealkylation sites (N-methyl/N-ethyl adjacent to an activating group) is 1. The summed E-state index contributed by atoms with van der Waals surface area (Å²) in [6, 6.07) is -0.105. The van der Waals surface area contributed by atoms with Crippen molar-refractivity contribution in [2.75, 3.05) is 34.4 Å². The van der Waals surface area contributed by atoms with Gasteiger partial charge in [0, 0.05) is 27.8 Å². The van der Waals surface area contributed by atoms with E-state index in [0.29, 0.717) is 0 Å². The Kier molecular flexibility index (Phi) is 6.54. The molecule has 0 bridgehead atoms. The predicted molar refractivity (Wildman–Crippen MR) is 52.7 cm³/mol. The highest BCUT2D eigenvalue weighted by molar-refractivity contribution is 5.80. The van der Waals surface area contributed by atoms with E-state index in [2.05, 4.69) is 5.32 Å². The summed E-state index contributed by atoms with van der Waals surface area (Å²) in [5.41, 5.74) is 0. The number of ether oxygens (including phenoxy) is 1.